The van der Waals surface area contributed by atoms with Gasteiger partial charge in [0.25, 0.3) is 5.91 Å². The van der Waals surface area contributed by atoms with Gasteiger partial charge < -0.3 is 15.3 Å². The van der Waals surface area contributed by atoms with Crippen molar-refractivity contribution in [1.82, 2.24) is 10.2 Å². The van der Waals surface area contributed by atoms with Crippen molar-refractivity contribution in [3.05, 3.63) is 22.4 Å². The largest absolute Gasteiger partial charge is 0.393 e. The van der Waals surface area contributed by atoms with Crippen molar-refractivity contribution < 1.29 is 14.7 Å². The molecule has 2 rings (SSSR count). The van der Waals surface area contributed by atoms with E-state index in [1.807, 2.05) is 15.7 Å². The molecule has 22 heavy (non-hydrogen) atoms. The zero-order valence-corrected chi connectivity index (χ0v) is 13.8. The van der Waals surface area contributed by atoms with E-state index in [1.54, 1.807) is 13.0 Å². The highest BCUT2D eigenvalue weighted by Crippen LogP contribution is 2.20. The van der Waals surface area contributed by atoms with Gasteiger partial charge in [0.05, 0.1) is 6.10 Å². The van der Waals surface area contributed by atoms with Gasteiger partial charge in [0.2, 0.25) is 5.91 Å². The number of nitrogens with one attached hydrogen (secondary N) is 1. The number of amides is 2. The van der Waals surface area contributed by atoms with Crippen LogP contribution in [0.25, 0.3) is 0 Å². The molecule has 2 heterocycles. The van der Waals surface area contributed by atoms with Gasteiger partial charge in [-0.2, -0.15) is 11.3 Å². The van der Waals surface area contributed by atoms with Crippen molar-refractivity contribution in [2.75, 3.05) is 19.6 Å². The highest BCUT2D eigenvalue weighted by molar-refractivity contribution is 7.08. The number of hydrogen-bond acceptors (Lipinski definition) is 4. The number of carbonyl (C=O) groups excluding carboxylic acids is 2. The number of nitrogens with zero attached hydrogens (tertiary/aromatic N) is 1. The first-order valence-corrected chi connectivity index (χ1v) is 8.78. The number of aliphatic hydroxyl groups is 1. The normalized spacial score (nSPS) is 19.7. The second-order valence-corrected chi connectivity index (χ2v) is 6.63. The predicted molar refractivity (Wildman–Crippen MR) is 86.9 cm³/mol. The van der Waals surface area contributed by atoms with Crippen LogP contribution in [0.2, 0.25) is 0 Å². The quantitative estimate of drug-likeness (QED) is 0.785. The summed E-state index contributed by atoms with van der Waals surface area (Å²) >= 11 is 1.49. The summed E-state index contributed by atoms with van der Waals surface area (Å²) in [6.45, 7) is 3.73. The van der Waals surface area contributed by atoms with Crippen LogP contribution in [0.4, 0.5) is 0 Å². The molecule has 2 N–H and O–H groups in total. The minimum absolute atomic E-state index is 0.0826. The van der Waals surface area contributed by atoms with Crippen molar-refractivity contribution in [3.8, 4) is 0 Å². The molecule has 1 saturated heterocycles. The van der Waals surface area contributed by atoms with Gasteiger partial charge in [-0.05, 0) is 37.6 Å². The fraction of sp³-hybridized carbons (Fsp3) is 0.625. The molecule has 2 atom stereocenters. The second-order valence-electron chi connectivity index (χ2n) is 5.85. The monoisotopic (exact) mass is 324 g/mol. The molecule has 2 amide bonds. The van der Waals surface area contributed by atoms with Gasteiger partial charge in [-0.3, -0.25) is 9.59 Å². The van der Waals surface area contributed by atoms with Crippen molar-refractivity contribution >= 4 is 23.2 Å². The molecular weight excluding hydrogens is 300 g/mol. The third-order valence-corrected chi connectivity index (χ3v) is 4.81. The molecule has 0 aromatic carbocycles. The number of thiophene rings is 1. The molecule has 2 unspecified atom stereocenters. The van der Waals surface area contributed by atoms with E-state index in [9.17, 15) is 14.7 Å². The lowest BCUT2D eigenvalue weighted by molar-refractivity contribution is -0.133. The van der Waals surface area contributed by atoms with Gasteiger partial charge in [-0.25, -0.2) is 0 Å². The lowest BCUT2D eigenvalue weighted by atomic mass is 9.93. The van der Waals surface area contributed by atoms with E-state index >= 15 is 0 Å². The molecule has 0 aliphatic carbocycles. The summed E-state index contributed by atoms with van der Waals surface area (Å²) in [6.07, 6.45) is 2.66. The zero-order valence-electron chi connectivity index (χ0n) is 13.0. The Hall–Kier alpha value is -1.40. The van der Waals surface area contributed by atoms with E-state index in [-0.39, 0.29) is 23.8 Å². The first kappa shape index (κ1) is 17.0. The maximum absolute atomic E-state index is 12.2. The van der Waals surface area contributed by atoms with Gasteiger partial charge in [-0.1, -0.05) is 0 Å². The standard InChI is InChI=1S/C16H24N2O3S/c1-12(19)13-4-3-8-18(10-13)15(20)5-2-7-17-16(21)14-6-9-22-11-14/h6,9,11-13,19H,2-5,7-8,10H2,1H3,(H,17,21). The lowest BCUT2D eigenvalue weighted by Crippen LogP contribution is -2.43. The van der Waals surface area contributed by atoms with Gasteiger partial charge in [0.15, 0.2) is 0 Å². The fourth-order valence-corrected chi connectivity index (χ4v) is 3.36. The highest BCUT2D eigenvalue weighted by atomic mass is 32.1. The summed E-state index contributed by atoms with van der Waals surface area (Å²) < 4.78 is 0. The van der Waals surface area contributed by atoms with Crippen molar-refractivity contribution in [2.45, 2.75) is 38.7 Å². The Morgan fingerprint density at radius 1 is 1.55 bits per heavy atom. The Labute approximate surface area is 135 Å². The van der Waals surface area contributed by atoms with Crippen LogP contribution < -0.4 is 5.32 Å². The first-order valence-electron chi connectivity index (χ1n) is 7.84. The maximum Gasteiger partial charge on any atom is 0.252 e. The van der Waals surface area contributed by atoms with Crippen molar-refractivity contribution in [3.63, 3.8) is 0 Å². The Kier molecular flexibility index (Phi) is 6.39. The predicted octanol–water partition coefficient (Wildman–Crippen LogP) is 1.88. The minimum Gasteiger partial charge on any atom is -0.393 e. The number of likely N-dealkylation sites (tertiary alicyclic amines) is 1. The van der Waals surface area contributed by atoms with E-state index in [1.165, 1.54) is 11.3 Å². The molecule has 1 aromatic rings. The van der Waals surface area contributed by atoms with E-state index in [4.69, 9.17) is 0 Å². The van der Waals surface area contributed by atoms with Gasteiger partial charge >= 0.3 is 0 Å². The van der Waals surface area contributed by atoms with Gasteiger partial charge in [0.1, 0.15) is 0 Å². The third-order valence-electron chi connectivity index (χ3n) is 4.13. The van der Waals surface area contributed by atoms with Gasteiger partial charge in [-0.15, -0.1) is 0 Å². The van der Waals surface area contributed by atoms with Crippen LogP contribution in [0.1, 0.15) is 43.0 Å². The Balaban J connectivity index is 1.66. The Bertz CT molecular complexity index is 488. The molecular formula is C16H24N2O3S. The summed E-state index contributed by atoms with van der Waals surface area (Å²) in [7, 11) is 0. The van der Waals surface area contributed by atoms with Crippen LogP contribution in [-0.2, 0) is 4.79 Å². The Morgan fingerprint density at radius 3 is 3.05 bits per heavy atom. The molecule has 1 aliphatic rings. The smallest absolute Gasteiger partial charge is 0.252 e. The number of aliphatic hydroxyl groups excluding tert-OH is 1. The number of hydrogen-bond donors (Lipinski definition) is 2. The van der Waals surface area contributed by atoms with Crippen LogP contribution in [0.5, 0.6) is 0 Å². The maximum atomic E-state index is 12.2. The van der Waals surface area contributed by atoms with Crippen LogP contribution >= 0.6 is 11.3 Å². The Morgan fingerprint density at radius 2 is 2.36 bits per heavy atom. The van der Waals surface area contributed by atoms with Crippen LogP contribution in [0.15, 0.2) is 16.8 Å². The summed E-state index contributed by atoms with van der Waals surface area (Å²) in [5, 5.41) is 16.2. The van der Waals surface area contributed by atoms with Crippen LogP contribution in [0, 0.1) is 5.92 Å². The highest BCUT2D eigenvalue weighted by Gasteiger charge is 2.25. The zero-order chi connectivity index (χ0) is 15.9. The topological polar surface area (TPSA) is 69.6 Å². The summed E-state index contributed by atoms with van der Waals surface area (Å²) in [4.78, 5) is 25.8. The van der Waals surface area contributed by atoms with Crippen molar-refractivity contribution in [2.24, 2.45) is 5.92 Å². The van der Waals surface area contributed by atoms with Crippen LogP contribution in [0.3, 0.4) is 0 Å². The summed E-state index contributed by atoms with van der Waals surface area (Å²) in [5.41, 5.74) is 0.673. The van der Waals surface area contributed by atoms with E-state index < -0.39 is 0 Å². The number of piperidine rings is 1. The average molecular weight is 324 g/mol. The number of carbonyl (C=O) groups is 2. The molecule has 0 radical (unpaired) electrons. The molecule has 0 saturated carbocycles. The molecule has 6 heteroatoms. The third kappa shape index (κ3) is 4.81. The van der Waals surface area contributed by atoms with E-state index in [0.29, 0.717) is 31.5 Å². The molecule has 1 fully saturated rings. The van der Waals surface area contributed by atoms with E-state index in [2.05, 4.69) is 5.32 Å². The molecule has 5 nitrogen and oxygen atoms in total. The molecule has 122 valence electrons. The number of rotatable bonds is 6. The molecule has 1 aliphatic heterocycles. The molecule has 1 aromatic heterocycles. The summed E-state index contributed by atoms with van der Waals surface area (Å²) in [5.74, 6) is 0.229. The first-order chi connectivity index (χ1) is 10.6. The fourth-order valence-electron chi connectivity index (χ4n) is 2.73. The molecule has 0 spiro atoms. The summed E-state index contributed by atoms with van der Waals surface area (Å²) in [6, 6.07) is 1.79. The average Bonchev–Trinajstić information content (AvgIpc) is 3.05. The molecule has 0 bridgehead atoms. The second kappa shape index (κ2) is 8.29. The van der Waals surface area contributed by atoms with Gasteiger partial charge in [0, 0.05) is 42.9 Å². The van der Waals surface area contributed by atoms with Crippen LogP contribution in [-0.4, -0.2) is 47.6 Å². The lowest BCUT2D eigenvalue weighted by Gasteiger charge is -2.34. The SMILES string of the molecule is CC(O)C1CCCN(C(=O)CCCNC(=O)c2ccsc2)C1. The minimum atomic E-state index is -0.361. The van der Waals surface area contributed by atoms with E-state index in [0.717, 1.165) is 19.4 Å². The van der Waals surface area contributed by atoms with Crippen molar-refractivity contribution in [1.29, 1.82) is 0 Å².